The number of carboxylic acids is 1. The molecule has 14 heteroatoms. The van der Waals surface area contributed by atoms with Crippen molar-refractivity contribution >= 4 is 5.97 Å². The van der Waals surface area contributed by atoms with Gasteiger partial charge in [0.2, 0.25) is 0 Å². The Labute approximate surface area is 189 Å². The van der Waals surface area contributed by atoms with Crippen LogP contribution in [0.25, 0.3) is 0 Å². The van der Waals surface area contributed by atoms with Gasteiger partial charge in [-0.3, -0.25) is 4.79 Å². The van der Waals surface area contributed by atoms with Gasteiger partial charge in [-0.2, -0.15) is 26.3 Å². The summed E-state index contributed by atoms with van der Waals surface area (Å²) in [6.45, 7) is 1.02. The van der Waals surface area contributed by atoms with E-state index in [-0.39, 0.29) is 23.6 Å². The maximum absolute atomic E-state index is 13.1. The van der Waals surface area contributed by atoms with Crippen LogP contribution in [0.3, 0.4) is 0 Å². The van der Waals surface area contributed by atoms with Crippen LogP contribution in [-0.4, -0.2) is 49.0 Å². The summed E-state index contributed by atoms with van der Waals surface area (Å²) in [5.41, 5.74) is -3.66. The number of hydrogen-bond donors (Lipinski definition) is 2. The second kappa shape index (κ2) is 8.48. The fraction of sp³-hybridized carbons (Fsp3) is 0.600. The average molecular weight is 493 g/mol. The highest BCUT2D eigenvalue weighted by Crippen LogP contribution is 2.45. The molecule has 2 aliphatic rings. The van der Waals surface area contributed by atoms with Crippen molar-refractivity contribution in [3.05, 3.63) is 40.7 Å². The monoisotopic (exact) mass is 493 g/mol. The number of nitrogens with zero attached hydrogens (tertiary/aromatic N) is 4. The Hall–Kier alpha value is -2.74. The van der Waals surface area contributed by atoms with E-state index in [0.717, 1.165) is 0 Å². The number of alkyl halides is 6. The highest BCUT2D eigenvalue weighted by molar-refractivity contribution is 5.66. The van der Waals surface area contributed by atoms with Gasteiger partial charge in [0.25, 0.3) is 0 Å². The normalized spacial score (nSPS) is 27.2. The van der Waals surface area contributed by atoms with E-state index in [0.29, 0.717) is 37.2 Å². The van der Waals surface area contributed by atoms with Crippen molar-refractivity contribution in [2.75, 3.05) is 0 Å². The molecule has 4 atom stereocenters. The molecular weight excluding hydrogens is 472 g/mol. The first-order chi connectivity index (χ1) is 15.8. The summed E-state index contributed by atoms with van der Waals surface area (Å²) in [4.78, 5) is 11.1. The molecule has 2 aliphatic heterocycles. The van der Waals surface area contributed by atoms with E-state index in [1.807, 2.05) is 6.92 Å². The first-order valence-electron chi connectivity index (χ1n) is 10.4. The number of halogens is 6. The van der Waals surface area contributed by atoms with Crippen molar-refractivity contribution in [1.29, 1.82) is 0 Å². The zero-order valence-corrected chi connectivity index (χ0v) is 17.8. The number of aliphatic carboxylic acids is 1. The number of tetrazole rings is 1. The second-order valence-corrected chi connectivity index (χ2v) is 8.86. The predicted molar refractivity (Wildman–Crippen MR) is 102 cm³/mol. The van der Waals surface area contributed by atoms with Crippen molar-refractivity contribution in [1.82, 2.24) is 25.5 Å². The zero-order valence-electron chi connectivity index (χ0n) is 17.8. The topological polar surface area (TPSA) is 102 Å². The Morgan fingerprint density at radius 2 is 1.82 bits per heavy atom. The SMILES string of the molecule is CC12CC(c3nnnn3CC(=O)O)C(CCC1OCc1cc(C(F)(F)F)cc(C(F)(F)F)c1)N2. The lowest BCUT2D eigenvalue weighted by atomic mass is 9.88. The standard InChI is InChI=1S/C20H21F6N5O3/c1-18-7-13(17-28-29-30-31(17)8-16(32)33)14(27-18)2-3-15(18)34-9-10-4-11(19(21,22)23)6-12(5-10)20(24,25)26/h4-6,13-15,27H,2-3,7-9H2,1H3,(H,32,33). The first kappa shape index (κ1) is 24.4. The molecule has 4 unspecified atom stereocenters. The molecule has 3 heterocycles. The Kier molecular flexibility index (Phi) is 6.09. The number of carboxylic acid groups (broad SMARTS) is 1. The Morgan fingerprint density at radius 3 is 2.41 bits per heavy atom. The molecule has 2 saturated heterocycles. The zero-order chi connectivity index (χ0) is 24.9. The molecule has 2 N–H and O–H groups in total. The van der Waals surface area contributed by atoms with Crippen LogP contribution >= 0.6 is 0 Å². The molecule has 0 saturated carbocycles. The van der Waals surface area contributed by atoms with E-state index in [2.05, 4.69) is 20.8 Å². The summed E-state index contributed by atoms with van der Waals surface area (Å²) in [5, 5.41) is 23.7. The van der Waals surface area contributed by atoms with E-state index in [9.17, 15) is 31.1 Å². The minimum absolute atomic E-state index is 0.0752. The van der Waals surface area contributed by atoms with Gasteiger partial charge in [-0.25, -0.2) is 4.68 Å². The summed E-state index contributed by atoms with van der Waals surface area (Å²) in [6, 6.07) is 1.33. The van der Waals surface area contributed by atoms with Crippen LogP contribution in [0, 0.1) is 0 Å². The van der Waals surface area contributed by atoms with Crippen LogP contribution in [0.2, 0.25) is 0 Å². The fourth-order valence-electron chi connectivity index (χ4n) is 4.89. The van der Waals surface area contributed by atoms with Crippen LogP contribution in [0.4, 0.5) is 26.3 Å². The molecule has 2 fully saturated rings. The van der Waals surface area contributed by atoms with Crippen LogP contribution in [0.5, 0.6) is 0 Å². The quantitative estimate of drug-likeness (QED) is 0.595. The Bertz CT molecular complexity index is 1040. The number of aromatic nitrogens is 4. The third kappa shape index (κ3) is 4.87. The number of hydrogen-bond acceptors (Lipinski definition) is 6. The molecule has 1 aromatic carbocycles. The summed E-state index contributed by atoms with van der Waals surface area (Å²) in [6.07, 6.45) is -8.81. The maximum atomic E-state index is 13.1. The second-order valence-electron chi connectivity index (χ2n) is 8.86. The average Bonchev–Trinajstić information content (AvgIpc) is 3.27. The lowest BCUT2D eigenvalue weighted by Crippen LogP contribution is -2.54. The molecule has 8 nitrogen and oxygen atoms in total. The Morgan fingerprint density at radius 1 is 1.18 bits per heavy atom. The van der Waals surface area contributed by atoms with Crippen LogP contribution in [0.15, 0.2) is 18.2 Å². The number of carbonyl (C=O) groups is 1. The summed E-state index contributed by atoms with van der Waals surface area (Å²) < 4.78 is 85.8. The van der Waals surface area contributed by atoms with Crippen LogP contribution < -0.4 is 5.32 Å². The van der Waals surface area contributed by atoms with Crippen molar-refractivity contribution in [2.24, 2.45) is 0 Å². The molecule has 34 heavy (non-hydrogen) atoms. The maximum Gasteiger partial charge on any atom is 0.416 e. The van der Waals surface area contributed by atoms with E-state index in [1.165, 1.54) is 4.68 Å². The van der Waals surface area contributed by atoms with Gasteiger partial charge in [-0.15, -0.1) is 5.10 Å². The number of fused-ring (bicyclic) bond motifs is 2. The van der Waals surface area contributed by atoms with Crippen molar-refractivity contribution in [2.45, 2.75) is 75.3 Å². The lowest BCUT2D eigenvalue weighted by molar-refractivity contribution is -0.143. The number of nitrogens with one attached hydrogen (secondary N) is 1. The number of ether oxygens (including phenoxy) is 1. The molecule has 0 amide bonds. The molecule has 1 aromatic heterocycles. The minimum Gasteiger partial charge on any atom is -0.480 e. The molecule has 0 spiro atoms. The smallest absolute Gasteiger partial charge is 0.416 e. The lowest BCUT2D eigenvalue weighted by Gasteiger charge is -2.39. The van der Waals surface area contributed by atoms with Gasteiger partial charge in [0.15, 0.2) is 5.82 Å². The van der Waals surface area contributed by atoms with Crippen molar-refractivity contribution in [3.8, 4) is 0 Å². The third-order valence-corrected chi connectivity index (χ3v) is 6.37. The number of rotatable bonds is 6. The van der Waals surface area contributed by atoms with Crippen LogP contribution in [0.1, 0.15) is 54.6 Å². The largest absolute Gasteiger partial charge is 0.480 e. The fourth-order valence-corrected chi connectivity index (χ4v) is 4.89. The first-order valence-corrected chi connectivity index (χ1v) is 10.4. The van der Waals surface area contributed by atoms with Gasteiger partial charge < -0.3 is 15.2 Å². The molecule has 186 valence electrons. The van der Waals surface area contributed by atoms with Gasteiger partial charge in [-0.1, -0.05) is 0 Å². The van der Waals surface area contributed by atoms with Crippen LogP contribution in [-0.2, 0) is 35.0 Å². The summed E-state index contributed by atoms with van der Waals surface area (Å²) in [7, 11) is 0. The van der Waals surface area contributed by atoms with Crippen molar-refractivity contribution in [3.63, 3.8) is 0 Å². The van der Waals surface area contributed by atoms with Gasteiger partial charge in [0.05, 0.1) is 23.8 Å². The predicted octanol–water partition coefficient (Wildman–Crippen LogP) is 3.38. The highest BCUT2D eigenvalue weighted by Gasteiger charge is 2.52. The highest BCUT2D eigenvalue weighted by atomic mass is 19.4. The molecule has 4 rings (SSSR count). The van der Waals surface area contributed by atoms with Gasteiger partial charge in [0, 0.05) is 17.5 Å². The summed E-state index contributed by atoms with van der Waals surface area (Å²) in [5.74, 6) is -0.926. The molecule has 2 bridgehead atoms. The number of benzene rings is 1. The summed E-state index contributed by atoms with van der Waals surface area (Å²) >= 11 is 0. The van der Waals surface area contributed by atoms with Gasteiger partial charge in [-0.05, 0) is 60.4 Å². The molecule has 0 aliphatic carbocycles. The number of piperidine rings is 1. The Balaban J connectivity index is 1.51. The van der Waals surface area contributed by atoms with E-state index >= 15 is 0 Å². The molecular formula is C20H21F6N5O3. The van der Waals surface area contributed by atoms with E-state index < -0.39 is 54.2 Å². The molecule has 2 aromatic rings. The molecule has 0 radical (unpaired) electrons. The van der Waals surface area contributed by atoms with Crippen molar-refractivity contribution < 1.29 is 41.0 Å². The minimum atomic E-state index is -4.93. The van der Waals surface area contributed by atoms with Gasteiger partial charge in [0.1, 0.15) is 6.54 Å². The van der Waals surface area contributed by atoms with E-state index in [1.54, 1.807) is 0 Å². The van der Waals surface area contributed by atoms with E-state index in [4.69, 9.17) is 9.84 Å². The third-order valence-electron chi connectivity index (χ3n) is 6.37. The van der Waals surface area contributed by atoms with Gasteiger partial charge >= 0.3 is 18.3 Å².